The first kappa shape index (κ1) is 16.5. The molecule has 0 radical (unpaired) electrons. The smallest absolute Gasteiger partial charge is 0.0358 e. The summed E-state index contributed by atoms with van der Waals surface area (Å²) in [6.07, 6.45) is 5.95. The molecule has 1 aromatic rings. The number of benzene rings is 1. The van der Waals surface area contributed by atoms with Gasteiger partial charge in [0.25, 0.3) is 0 Å². The Bertz CT molecular complexity index is 457. The number of nitrogens with two attached hydrogens (primary N) is 1. The molecule has 1 aliphatic rings. The van der Waals surface area contributed by atoms with Gasteiger partial charge in [-0.15, -0.1) is 0 Å². The molecule has 21 heavy (non-hydrogen) atoms. The van der Waals surface area contributed by atoms with Crippen molar-refractivity contribution in [2.45, 2.75) is 71.4 Å². The molecule has 2 heteroatoms. The zero-order valence-electron chi connectivity index (χ0n) is 14.3. The summed E-state index contributed by atoms with van der Waals surface area (Å²) in [5, 5.41) is 0. The highest BCUT2D eigenvalue weighted by Gasteiger charge is 2.40. The summed E-state index contributed by atoms with van der Waals surface area (Å²) in [5.41, 5.74) is 11.1. The lowest BCUT2D eigenvalue weighted by Crippen LogP contribution is -2.59. The van der Waals surface area contributed by atoms with Crippen LogP contribution in [0, 0.1) is 13.8 Å². The van der Waals surface area contributed by atoms with Gasteiger partial charge in [-0.1, -0.05) is 37.6 Å². The van der Waals surface area contributed by atoms with Gasteiger partial charge in [-0.05, 0) is 70.2 Å². The van der Waals surface area contributed by atoms with E-state index in [1.165, 1.54) is 42.6 Å². The van der Waals surface area contributed by atoms with Gasteiger partial charge in [-0.3, -0.25) is 4.90 Å². The van der Waals surface area contributed by atoms with E-state index >= 15 is 0 Å². The topological polar surface area (TPSA) is 29.3 Å². The van der Waals surface area contributed by atoms with Crippen LogP contribution < -0.4 is 5.73 Å². The average molecular weight is 288 g/mol. The van der Waals surface area contributed by atoms with Gasteiger partial charge in [0.05, 0.1) is 0 Å². The first-order valence-electron chi connectivity index (χ1n) is 8.60. The second kappa shape index (κ2) is 6.93. The first-order valence-corrected chi connectivity index (χ1v) is 8.60. The van der Waals surface area contributed by atoms with Crippen LogP contribution in [0.2, 0.25) is 0 Å². The minimum absolute atomic E-state index is 0.173. The van der Waals surface area contributed by atoms with Crippen molar-refractivity contribution in [1.29, 1.82) is 0 Å². The van der Waals surface area contributed by atoms with Crippen LogP contribution >= 0.6 is 0 Å². The van der Waals surface area contributed by atoms with Crippen LogP contribution in [0.1, 0.15) is 56.2 Å². The molecule has 0 aromatic heterocycles. The number of aryl methyl sites for hydroxylation is 2. The predicted molar refractivity (Wildman–Crippen MR) is 91.7 cm³/mol. The van der Waals surface area contributed by atoms with Crippen LogP contribution in [-0.4, -0.2) is 29.6 Å². The summed E-state index contributed by atoms with van der Waals surface area (Å²) < 4.78 is 0. The van der Waals surface area contributed by atoms with Crippen molar-refractivity contribution in [3.8, 4) is 0 Å². The minimum atomic E-state index is 0.173. The monoisotopic (exact) mass is 288 g/mol. The van der Waals surface area contributed by atoms with Crippen LogP contribution in [0.4, 0.5) is 0 Å². The Morgan fingerprint density at radius 2 is 1.76 bits per heavy atom. The summed E-state index contributed by atoms with van der Waals surface area (Å²) in [4.78, 5) is 2.67. The molecule has 0 saturated carbocycles. The summed E-state index contributed by atoms with van der Waals surface area (Å²) in [6, 6.07) is 6.95. The molecule has 0 aliphatic carbocycles. The van der Waals surface area contributed by atoms with E-state index in [4.69, 9.17) is 5.73 Å². The van der Waals surface area contributed by atoms with Gasteiger partial charge in [0.15, 0.2) is 0 Å². The van der Waals surface area contributed by atoms with Gasteiger partial charge in [-0.2, -0.15) is 0 Å². The fourth-order valence-electron chi connectivity index (χ4n) is 4.07. The lowest BCUT2D eigenvalue weighted by atomic mass is 9.79. The molecule has 2 N–H and O–H groups in total. The number of hydrogen-bond donors (Lipinski definition) is 1. The Hall–Kier alpha value is -0.860. The van der Waals surface area contributed by atoms with E-state index in [1.807, 2.05) is 0 Å². The van der Waals surface area contributed by atoms with Gasteiger partial charge in [0.1, 0.15) is 0 Å². The Kier molecular flexibility index (Phi) is 5.45. The fourth-order valence-corrected chi connectivity index (χ4v) is 4.07. The van der Waals surface area contributed by atoms with Crippen molar-refractivity contribution in [3.63, 3.8) is 0 Å². The SMILES string of the molecule is CCC(CC)(C(N)Cc1cc(C)ccc1C)N1CCCC1. The molecular formula is C19H32N2. The lowest BCUT2D eigenvalue weighted by Gasteiger charge is -2.45. The Labute approximate surface area is 130 Å². The summed E-state index contributed by atoms with van der Waals surface area (Å²) in [5.74, 6) is 0. The largest absolute Gasteiger partial charge is 0.326 e. The van der Waals surface area contributed by atoms with Crippen molar-refractivity contribution in [1.82, 2.24) is 4.90 Å². The van der Waals surface area contributed by atoms with Crippen LogP contribution in [-0.2, 0) is 6.42 Å². The van der Waals surface area contributed by atoms with Crippen molar-refractivity contribution in [2.24, 2.45) is 5.73 Å². The fraction of sp³-hybridized carbons (Fsp3) is 0.684. The third kappa shape index (κ3) is 3.32. The number of nitrogens with zero attached hydrogens (tertiary/aromatic N) is 1. The van der Waals surface area contributed by atoms with E-state index in [-0.39, 0.29) is 11.6 Å². The van der Waals surface area contributed by atoms with E-state index < -0.39 is 0 Å². The maximum atomic E-state index is 6.76. The normalized spacial score (nSPS) is 18.1. The van der Waals surface area contributed by atoms with Gasteiger partial charge in [0.2, 0.25) is 0 Å². The average Bonchev–Trinajstić information content (AvgIpc) is 2.99. The van der Waals surface area contributed by atoms with Crippen molar-refractivity contribution < 1.29 is 0 Å². The van der Waals surface area contributed by atoms with E-state index in [9.17, 15) is 0 Å². The second-order valence-electron chi connectivity index (χ2n) is 6.75. The highest BCUT2D eigenvalue weighted by Crippen LogP contribution is 2.32. The standard InChI is InChI=1S/C19H32N2/c1-5-19(6-2,21-11-7-8-12-21)18(20)14-17-13-15(3)9-10-16(17)4/h9-10,13,18H,5-8,11-12,14,20H2,1-4H3. The number of likely N-dealkylation sites (tertiary alicyclic amines) is 1. The van der Waals surface area contributed by atoms with Crippen LogP contribution in [0.3, 0.4) is 0 Å². The van der Waals surface area contributed by atoms with Crippen LogP contribution in [0.15, 0.2) is 18.2 Å². The highest BCUT2D eigenvalue weighted by molar-refractivity contribution is 5.31. The molecular weight excluding hydrogens is 256 g/mol. The molecule has 1 fully saturated rings. The Balaban J connectivity index is 2.22. The second-order valence-corrected chi connectivity index (χ2v) is 6.75. The molecule has 1 atom stereocenters. The molecule has 1 aromatic carbocycles. The maximum Gasteiger partial charge on any atom is 0.0358 e. The van der Waals surface area contributed by atoms with E-state index in [2.05, 4.69) is 50.8 Å². The van der Waals surface area contributed by atoms with Gasteiger partial charge < -0.3 is 5.73 Å². The molecule has 0 amide bonds. The van der Waals surface area contributed by atoms with Crippen LogP contribution in [0.5, 0.6) is 0 Å². The quantitative estimate of drug-likeness (QED) is 0.862. The maximum absolute atomic E-state index is 6.76. The Morgan fingerprint density at radius 1 is 1.14 bits per heavy atom. The van der Waals surface area contributed by atoms with Crippen LogP contribution in [0.25, 0.3) is 0 Å². The third-order valence-electron chi connectivity index (χ3n) is 5.59. The molecule has 118 valence electrons. The van der Waals surface area contributed by atoms with Crippen molar-refractivity contribution in [2.75, 3.05) is 13.1 Å². The molecule has 1 unspecified atom stereocenters. The molecule has 0 bridgehead atoms. The Morgan fingerprint density at radius 3 is 2.33 bits per heavy atom. The first-order chi connectivity index (χ1) is 10.0. The molecule has 1 aliphatic heterocycles. The van der Waals surface area contributed by atoms with E-state index in [0.29, 0.717) is 0 Å². The summed E-state index contributed by atoms with van der Waals surface area (Å²) in [6.45, 7) is 11.4. The lowest BCUT2D eigenvalue weighted by molar-refractivity contribution is 0.0768. The third-order valence-corrected chi connectivity index (χ3v) is 5.59. The zero-order chi connectivity index (χ0) is 15.5. The van der Waals surface area contributed by atoms with Gasteiger partial charge in [-0.25, -0.2) is 0 Å². The molecule has 2 nitrogen and oxygen atoms in total. The van der Waals surface area contributed by atoms with Gasteiger partial charge in [0, 0.05) is 11.6 Å². The van der Waals surface area contributed by atoms with Gasteiger partial charge >= 0.3 is 0 Å². The molecule has 1 heterocycles. The van der Waals surface area contributed by atoms with E-state index in [0.717, 1.165) is 19.3 Å². The highest BCUT2D eigenvalue weighted by atomic mass is 15.2. The molecule has 1 saturated heterocycles. The summed E-state index contributed by atoms with van der Waals surface area (Å²) >= 11 is 0. The summed E-state index contributed by atoms with van der Waals surface area (Å²) in [7, 11) is 0. The van der Waals surface area contributed by atoms with Crippen molar-refractivity contribution in [3.05, 3.63) is 34.9 Å². The molecule has 0 spiro atoms. The minimum Gasteiger partial charge on any atom is -0.326 e. The predicted octanol–water partition coefficient (Wildman–Crippen LogP) is 3.83. The molecule has 2 rings (SSSR count). The zero-order valence-corrected chi connectivity index (χ0v) is 14.3. The number of hydrogen-bond acceptors (Lipinski definition) is 2. The van der Waals surface area contributed by atoms with E-state index in [1.54, 1.807) is 0 Å². The number of rotatable bonds is 6. The van der Waals surface area contributed by atoms with Crippen molar-refractivity contribution >= 4 is 0 Å².